The lowest BCUT2D eigenvalue weighted by molar-refractivity contribution is 0.0383. The topological polar surface area (TPSA) is 65.1 Å². The number of benzene rings is 2. The van der Waals surface area contributed by atoms with Crippen molar-refractivity contribution in [2.75, 3.05) is 57.4 Å². The molecule has 2 aromatic carbocycles. The van der Waals surface area contributed by atoms with Crippen LogP contribution in [0, 0.1) is 0 Å². The number of carbonyl (C=O) groups excluding carboxylic acids is 2. The van der Waals surface area contributed by atoms with Crippen molar-refractivity contribution in [1.82, 2.24) is 15.1 Å². The first-order valence-electron chi connectivity index (χ1n) is 11.1. The lowest BCUT2D eigenvalue weighted by Crippen LogP contribution is -2.49. The molecule has 0 bridgehead atoms. The van der Waals surface area contributed by atoms with Gasteiger partial charge in [0.2, 0.25) is 0 Å². The zero-order valence-corrected chi connectivity index (χ0v) is 18.9. The lowest BCUT2D eigenvalue weighted by atomic mass is 10.1. The number of rotatable bonds is 7. The van der Waals surface area contributed by atoms with Gasteiger partial charge in [0.25, 0.3) is 5.91 Å². The van der Waals surface area contributed by atoms with Crippen molar-refractivity contribution in [3.8, 4) is 0 Å². The molecule has 0 spiro atoms. The number of amides is 3. The first-order valence-corrected chi connectivity index (χ1v) is 11.5. The van der Waals surface area contributed by atoms with E-state index in [-0.39, 0.29) is 11.9 Å². The fourth-order valence-corrected chi connectivity index (χ4v) is 4.17. The van der Waals surface area contributed by atoms with Gasteiger partial charge >= 0.3 is 6.03 Å². The fourth-order valence-electron chi connectivity index (χ4n) is 4.05. The van der Waals surface area contributed by atoms with Crippen molar-refractivity contribution in [3.05, 3.63) is 64.7 Å². The summed E-state index contributed by atoms with van der Waals surface area (Å²) in [5, 5.41) is 3.67. The van der Waals surface area contributed by atoms with Crippen LogP contribution in [0.5, 0.6) is 0 Å². The van der Waals surface area contributed by atoms with Gasteiger partial charge in [-0.15, -0.1) is 0 Å². The quantitative estimate of drug-likeness (QED) is 0.694. The zero-order valence-electron chi connectivity index (χ0n) is 18.1. The van der Waals surface area contributed by atoms with E-state index < -0.39 is 0 Å². The van der Waals surface area contributed by atoms with E-state index in [1.54, 1.807) is 17.0 Å². The molecule has 2 saturated heterocycles. The molecule has 2 aliphatic rings. The monoisotopic (exact) mass is 456 g/mol. The Labute approximate surface area is 193 Å². The highest BCUT2D eigenvalue weighted by atomic mass is 35.5. The van der Waals surface area contributed by atoms with Gasteiger partial charge < -0.3 is 15.0 Å². The summed E-state index contributed by atoms with van der Waals surface area (Å²) in [6.07, 6.45) is 0.870. The van der Waals surface area contributed by atoms with E-state index in [2.05, 4.69) is 10.2 Å². The van der Waals surface area contributed by atoms with Crippen LogP contribution < -0.4 is 10.2 Å². The van der Waals surface area contributed by atoms with Crippen LogP contribution in [0.1, 0.15) is 22.3 Å². The molecule has 32 heavy (non-hydrogen) atoms. The van der Waals surface area contributed by atoms with Crippen LogP contribution in [0.15, 0.2) is 48.5 Å². The third kappa shape index (κ3) is 5.79. The first-order chi connectivity index (χ1) is 15.6. The van der Waals surface area contributed by atoms with E-state index in [0.29, 0.717) is 36.8 Å². The van der Waals surface area contributed by atoms with Crippen LogP contribution in [0.4, 0.5) is 10.5 Å². The number of halogens is 1. The molecule has 170 valence electrons. The maximum absolute atomic E-state index is 13.1. The molecule has 2 aromatic rings. The minimum absolute atomic E-state index is 0.0453. The maximum atomic E-state index is 13.1. The molecule has 0 aromatic heterocycles. The molecule has 8 heteroatoms. The van der Waals surface area contributed by atoms with E-state index >= 15 is 0 Å². The molecule has 7 nitrogen and oxygen atoms in total. The van der Waals surface area contributed by atoms with Crippen molar-refractivity contribution in [3.63, 3.8) is 0 Å². The fraction of sp³-hybridized carbons (Fsp3) is 0.417. The number of carbonyl (C=O) groups is 2. The predicted octanol–water partition coefficient (Wildman–Crippen LogP) is 3.23. The van der Waals surface area contributed by atoms with Gasteiger partial charge in [-0.2, -0.15) is 0 Å². The minimum atomic E-state index is -0.123. The Balaban J connectivity index is 1.36. The molecule has 0 atom stereocenters. The molecule has 2 fully saturated rings. The number of nitrogens with one attached hydrogen (secondary N) is 1. The van der Waals surface area contributed by atoms with Crippen molar-refractivity contribution < 1.29 is 14.3 Å². The van der Waals surface area contributed by atoms with E-state index in [1.165, 1.54) is 0 Å². The summed E-state index contributed by atoms with van der Waals surface area (Å²) < 4.78 is 5.35. The third-order valence-corrected chi connectivity index (χ3v) is 6.09. The van der Waals surface area contributed by atoms with E-state index in [0.717, 1.165) is 50.5 Å². The lowest BCUT2D eigenvalue weighted by Gasteiger charge is -2.36. The van der Waals surface area contributed by atoms with Crippen LogP contribution >= 0.6 is 11.6 Å². The first kappa shape index (κ1) is 22.6. The van der Waals surface area contributed by atoms with Gasteiger partial charge in [-0.3, -0.25) is 14.6 Å². The van der Waals surface area contributed by atoms with E-state index in [1.807, 2.05) is 41.3 Å². The van der Waals surface area contributed by atoms with Gasteiger partial charge in [0.15, 0.2) is 0 Å². The molecule has 1 N–H and O–H groups in total. The Morgan fingerprint density at radius 1 is 1.03 bits per heavy atom. The van der Waals surface area contributed by atoms with Gasteiger partial charge in [-0.25, -0.2) is 4.79 Å². The number of urea groups is 1. The highest BCUT2D eigenvalue weighted by molar-refractivity contribution is 6.30. The highest BCUT2D eigenvalue weighted by Crippen LogP contribution is 2.23. The molecule has 3 amide bonds. The van der Waals surface area contributed by atoms with Gasteiger partial charge in [-0.05, 0) is 42.3 Å². The van der Waals surface area contributed by atoms with Gasteiger partial charge in [-0.1, -0.05) is 29.8 Å². The second-order valence-electron chi connectivity index (χ2n) is 8.10. The molecule has 0 radical (unpaired) electrons. The average molecular weight is 457 g/mol. The summed E-state index contributed by atoms with van der Waals surface area (Å²) in [5.74, 6) is -0.123. The van der Waals surface area contributed by atoms with Crippen molar-refractivity contribution in [1.29, 1.82) is 0 Å². The van der Waals surface area contributed by atoms with Gasteiger partial charge in [0.1, 0.15) is 0 Å². The summed E-state index contributed by atoms with van der Waals surface area (Å²) in [6.45, 7) is 6.55. The number of hydrogen-bond donors (Lipinski definition) is 1. The summed E-state index contributed by atoms with van der Waals surface area (Å²) in [5.41, 5.74) is 2.35. The molecule has 0 saturated carbocycles. The van der Waals surface area contributed by atoms with E-state index in [4.69, 9.17) is 16.3 Å². The predicted molar refractivity (Wildman–Crippen MR) is 125 cm³/mol. The van der Waals surface area contributed by atoms with Crippen LogP contribution in [-0.2, 0) is 11.3 Å². The molecule has 4 rings (SSSR count). The summed E-state index contributed by atoms with van der Waals surface area (Å²) >= 11 is 5.97. The molecular weight excluding hydrogens is 428 g/mol. The maximum Gasteiger partial charge on any atom is 0.324 e. The standard InChI is InChI=1S/C24H29ClN4O3/c25-21-7-5-19(6-8-21)18-28-10-2-11-29(24(28)31)22-4-1-3-20(17-22)23(30)26-9-12-27-13-15-32-16-14-27/h1,3-8,17H,2,9-16,18H2,(H,26,30). The summed E-state index contributed by atoms with van der Waals surface area (Å²) in [4.78, 5) is 31.7. The SMILES string of the molecule is O=C(NCCN1CCOCC1)c1cccc(N2CCCN(Cc3ccc(Cl)cc3)C2=O)c1. The normalized spacial score (nSPS) is 17.5. The second kappa shape index (κ2) is 10.8. The van der Waals surface area contributed by atoms with Gasteiger partial charge in [0, 0.05) is 62.1 Å². The van der Waals surface area contributed by atoms with Crippen molar-refractivity contribution in [2.45, 2.75) is 13.0 Å². The third-order valence-electron chi connectivity index (χ3n) is 5.84. The number of hydrogen-bond acceptors (Lipinski definition) is 4. The molecule has 0 unspecified atom stereocenters. The number of nitrogens with zero attached hydrogens (tertiary/aromatic N) is 3. The largest absolute Gasteiger partial charge is 0.379 e. The Morgan fingerprint density at radius 2 is 1.81 bits per heavy atom. The Hall–Kier alpha value is -2.61. The number of ether oxygens (including phenoxy) is 1. The highest BCUT2D eigenvalue weighted by Gasteiger charge is 2.27. The number of anilines is 1. The summed E-state index contributed by atoms with van der Waals surface area (Å²) in [6, 6.07) is 14.8. The van der Waals surface area contributed by atoms with Crippen LogP contribution in [0.25, 0.3) is 0 Å². The minimum Gasteiger partial charge on any atom is -0.379 e. The van der Waals surface area contributed by atoms with Crippen LogP contribution in [0.3, 0.4) is 0 Å². The van der Waals surface area contributed by atoms with Crippen molar-refractivity contribution in [2.24, 2.45) is 0 Å². The summed E-state index contributed by atoms with van der Waals surface area (Å²) in [7, 11) is 0. The Bertz CT molecular complexity index is 931. The molecule has 2 aliphatic heterocycles. The van der Waals surface area contributed by atoms with Crippen molar-refractivity contribution >= 4 is 29.2 Å². The molecule has 0 aliphatic carbocycles. The van der Waals surface area contributed by atoms with E-state index in [9.17, 15) is 9.59 Å². The molecule has 2 heterocycles. The smallest absolute Gasteiger partial charge is 0.324 e. The second-order valence-corrected chi connectivity index (χ2v) is 8.53. The molecular formula is C24H29ClN4O3. The average Bonchev–Trinajstić information content (AvgIpc) is 2.82. The van der Waals surface area contributed by atoms with Crippen LogP contribution in [0.2, 0.25) is 5.02 Å². The number of morpholine rings is 1. The van der Waals surface area contributed by atoms with Gasteiger partial charge in [0.05, 0.1) is 13.2 Å². The zero-order chi connectivity index (χ0) is 22.3. The van der Waals surface area contributed by atoms with Crippen LogP contribution in [-0.4, -0.2) is 74.2 Å². The Morgan fingerprint density at radius 3 is 2.59 bits per heavy atom. The Kier molecular flexibility index (Phi) is 7.63.